The second-order valence-corrected chi connectivity index (χ2v) is 4.37. The number of unbranched alkanes of at least 4 members (excludes halogenated alkanes) is 1. The van der Waals surface area contributed by atoms with Gasteiger partial charge in [-0.25, -0.2) is 0 Å². The molecule has 0 aromatic carbocycles. The van der Waals surface area contributed by atoms with Crippen LogP contribution in [0.4, 0.5) is 0 Å². The quantitative estimate of drug-likeness (QED) is 0.678. The molecule has 0 saturated heterocycles. The molecule has 0 unspecified atom stereocenters. The molecule has 102 valence electrons. The number of aromatic nitrogens is 1. The normalized spacial score (nSPS) is 10.8. The fraction of sp³-hybridized carbons (Fsp3) is 0.643. The molecule has 1 aromatic heterocycles. The summed E-state index contributed by atoms with van der Waals surface area (Å²) in [5.74, 6) is 0. The van der Waals surface area contributed by atoms with Crippen LogP contribution in [0.3, 0.4) is 0 Å². The van der Waals surface area contributed by atoms with Crippen molar-refractivity contribution in [2.24, 2.45) is 0 Å². The third-order valence-electron chi connectivity index (χ3n) is 2.85. The fourth-order valence-electron chi connectivity index (χ4n) is 1.72. The number of aryl methyl sites for hydroxylation is 1. The van der Waals surface area contributed by atoms with Crippen LogP contribution in [0.1, 0.15) is 25.5 Å². The molecular weight excluding hydrogens is 228 g/mol. The van der Waals surface area contributed by atoms with E-state index in [4.69, 9.17) is 4.74 Å². The van der Waals surface area contributed by atoms with Crippen LogP contribution in [0, 0.1) is 6.92 Å². The Bertz CT molecular complexity index is 388. The lowest BCUT2D eigenvalue weighted by Crippen LogP contribution is -2.29. The SMILES string of the molecule is CCCCOCCNCCn1c(C)cccc1=O. The van der Waals surface area contributed by atoms with Gasteiger partial charge in [0.25, 0.3) is 5.56 Å². The first kappa shape index (κ1) is 14.9. The first-order chi connectivity index (χ1) is 8.75. The highest BCUT2D eigenvalue weighted by atomic mass is 16.5. The van der Waals surface area contributed by atoms with E-state index in [1.54, 1.807) is 16.7 Å². The summed E-state index contributed by atoms with van der Waals surface area (Å²) in [6.07, 6.45) is 2.29. The Morgan fingerprint density at radius 1 is 1.28 bits per heavy atom. The van der Waals surface area contributed by atoms with Gasteiger partial charge in [-0.1, -0.05) is 19.4 Å². The van der Waals surface area contributed by atoms with Gasteiger partial charge in [0.15, 0.2) is 0 Å². The Labute approximate surface area is 109 Å². The van der Waals surface area contributed by atoms with Crippen molar-refractivity contribution in [1.82, 2.24) is 9.88 Å². The minimum absolute atomic E-state index is 0.0657. The van der Waals surface area contributed by atoms with Gasteiger partial charge in [0.1, 0.15) is 0 Å². The van der Waals surface area contributed by atoms with Gasteiger partial charge in [-0.05, 0) is 19.4 Å². The van der Waals surface area contributed by atoms with Gasteiger partial charge < -0.3 is 14.6 Å². The van der Waals surface area contributed by atoms with Crippen LogP contribution in [-0.4, -0.2) is 30.9 Å². The third-order valence-corrected chi connectivity index (χ3v) is 2.85. The lowest BCUT2D eigenvalue weighted by molar-refractivity contribution is 0.133. The van der Waals surface area contributed by atoms with Crippen molar-refractivity contribution < 1.29 is 4.74 Å². The van der Waals surface area contributed by atoms with Crippen LogP contribution in [0.2, 0.25) is 0 Å². The molecular formula is C14H24N2O2. The average Bonchev–Trinajstić information content (AvgIpc) is 2.35. The molecule has 1 heterocycles. The Morgan fingerprint density at radius 2 is 2.11 bits per heavy atom. The Kier molecular flexibility index (Phi) is 7.37. The maximum absolute atomic E-state index is 11.6. The van der Waals surface area contributed by atoms with E-state index in [9.17, 15) is 4.79 Å². The zero-order chi connectivity index (χ0) is 13.2. The molecule has 1 rings (SSSR count). The number of hydrogen-bond acceptors (Lipinski definition) is 3. The minimum Gasteiger partial charge on any atom is -0.380 e. The molecule has 0 atom stereocenters. The maximum Gasteiger partial charge on any atom is 0.250 e. The van der Waals surface area contributed by atoms with Crippen molar-refractivity contribution >= 4 is 0 Å². The lowest BCUT2D eigenvalue weighted by Gasteiger charge is -2.10. The second-order valence-electron chi connectivity index (χ2n) is 4.37. The van der Waals surface area contributed by atoms with Crippen LogP contribution in [0.25, 0.3) is 0 Å². The predicted molar refractivity (Wildman–Crippen MR) is 74.0 cm³/mol. The molecule has 0 radical (unpaired) electrons. The summed E-state index contributed by atoms with van der Waals surface area (Å²) in [5, 5.41) is 3.28. The first-order valence-electron chi connectivity index (χ1n) is 6.70. The molecule has 4 nitrogen and oxygen atoms in total. The van der Waals surface area contributed by atoms with Gasteiger partial charge in [-0.2, -0.15) is 0 Å². The summed E-state index contributed by atoms with van der Waals surface area (Å²) in [6, 6.07) is 5.35. The average molecular weight is 252 g/mol. The molecule has 0 aliphatic carbocycles. The van der Waals surface area contributed by atoms with Crippen molar-refractivity contribution in [1.29, 1.82) is 0 Å². The van der Waals surface area contributed by atoms with Crippen molar-refractivity contribution in [2.45, 2.75) is 33.2 Å². The number of rotatable bonds is 9. The molecule has 0 aliphatic rings. The Hall–Kier alpha value is -1.13. The molecule has 1 N–H and O–H groups in total. The fourth-order valence-corrected chi connectivity index (χ4v) is 1.72. The topological polar surface area (TPSA) is 43.3 Å². The predicted octanol–water partition coefficient (Wildman–Crippen LogP) is 1.56. The standard InChI is InChI=1S/C14H24N2O2/c1-3-4-11-18-12-9-15-8-10-16-13(2)6-5-7-14(16)17/h5-7,15H,3-4,8-12H2,1-2H3. The summed E-state index contributed by atoms with van der Waals surface area (Å²) >= 11 is 0. The number of hydrogen-bond donors (Lipinski definition) is 1. The largest absolute Gasteiger partial charge is 0.380 e. The Morgan fingerprint density at radius 3 is 2.83 bits per heavy atom. The molecule has 0 spiro atoms. The van der Waals surface area contributed by atoms with Crippen molar-refractivity contribution in [3.05, 3.63) is 34.2 Å². The van der Waals surface area contributed by atoms with Gasteiger partial charge in [0, 0.05) is 38.0 Å². The van der Waals surface area contributed by atoms with E-state index in [-0.39, 0.29) is 5.56 Å². The van der Waals surface area contributed by atoms with Crippen LogP contribution in [0.5, 0.6) is 0 Å². The maximum atomic E-state index is 11.6. The molecule has 1 aromatic rings. The number of pyridine rings is 1. The van der Waals surface area contributed by atoms with Crippen molar-refractivity contribution in [3.63, 3.8) is 0 Å². The molecule has 0 amide bonds. The van der Waals surface area contributed by atoms with Crippen molar-refractivity contribution in [2.75, 3.05) is 26.3 Å². The van der Waals surface area contributed by atoms with E-state index in [2.05, 4.69) is 12.2 Å². The van der Waals surface area contributed by atoms with Crippen LogP contribution >= 0.6 is 0 Å². The van der Waals surface area contributed by atoms with Crippen molar-refractivity contribution in [3.8, 4) is 0 Å². The van der Waals surface area contributed by atoms with E-state index in [1.807, 2.05) is 13.0 Å². The first-order valence-corrected chi connectivity index (χ1v) is 6.70. The number of nitrogens with zero attached hydrogens (tertiary/aromatic N) is 1. The zero-order valence-corrected chi connectivity index (χ0v) is 11.4. The van der Waals surface area contributed by atoms with Gasteiger partial charge in [0.05, 0.1) is 6.61 Å². The Balaban J connectivity index is 2.13. The highest BCUT2D eigenvalue weighted by Gasteiger charge is 1.98. The van der Waals surface area contributed by atoms with E-state index in [0.717, 1.165) is 38.4 Å². The van der Waals surface area contributed by atoms with Crippen LogP contribution in [-0.2, 0) is 11.3 Å². The highest BCUT2D eigenvalue weighted by molar-refractivity contribution is 5.04. The summed E-state index contributed by atoms with van der Waals surface area (Å²) in [7, 11) is 0. The minimum atomic E-state index is 0.0657. The van der Waals surface area contributed by atoms with E-state index < -0.39 is 0 Å². The van der Waals surface area contributed by atoms with Gasteiger partial charge >= 0.3 is 0 Å². The third kappa shape index (κ3) is 5.47. The molecule has 0 fully saturated rings. The monoisotopic (exact) mass is 252 g/mol. The summed E-state index contributed by atoms with van der Waals surface area (Å²) in [5.41, 5.74) is 1.07. The molecule has 18 heavy (non-hydrogen) atoms. The second kappa shape index (κ2) is 8.89. The zero-order valence-electron chi connectivity index (χ0n) is 11.4. The molecule has 0 saturated carbocycles. The van der Waals surface area contributed by atoms with E-state index in [0.29, 0.717) is 6.54 Å². The summed E-state index contributed by atoms with van der Waals surface area (Å²) in [4.78, 5) is 11.6. The van der Waals surface area contributed by atoms with Crippen LogP contribution in [0.15, 0.2) is 23.0 Å². The van der Waals surface area contributed by atoms with E-state index in [1.165, 1.54) is 6.42 Å². The molecule has 4 heteroatoms. The lowest BCUT2D eigenvalue weighted by atomic mass is 10.3. The summed E-state index contributed by atoms with van der Waals surface area (Å²) < 4.78 is 7.23. The summed E-state index contributed by atoms with van der Waals surface area (Å²) in [6.45, 7) is 8.03. The van der Waals surface area contributed by atoms with E-state index >= 15 is 0 Å². The van der Waals surface area contributed by atoms with Gasteiger partial charge in [-0.3, -0.25) is 4.79 Å². The smallest absolute Gasteiger partial charge is 0.250 e. The number of ether oxygens (including phenoxy) is 1. The molecule has 0 bridgehead atoms. The van der Waals surface area contributed by atoms with Gasteiger partial charge in [0.2, 0.25) is 0 Å². The molecule has 0 aliphatic heterocycles. The van der Waals surface area contributed by atoms with Gasteiger partial charge in [-0.15, -0.1) is 0 Å². The number of nitrogens with one attached hydrogen (secondary N) is 1. The van der Waals surface area contributed by atoms with Crippen LogP contribution < -0.4 is 10.9 Å². The highest BCUT2D eigenvalue weighted by Crippen LogP contribution is 1.92.